The molecule has 0 bridgehead atoms. The second kappa shape index (κ2) is 7.26. The van der Waals surface area contributed by atoms with Crippen molar-refractivity contribution in [3.05, 3.63) is 29.8 Å². The van der Waals surface area contributed by atoms with Crippen LogP contribution in [0.25, 0.3) is 0 Å². The van der Waals surface area contributed by atoms with Gasteiger partial charge in [0.15, 0.2) is 0 Å². The molecule has 23 heavy (non-hydrogen) atoms. The third-order valence-corrected chi connectivity index (χ3v) is 4.02. The molecule has 0 spiro atoms. The van der Waals surface area contributed by atoms with E-state index in [1.807, 2.05) is 38.1 Å². The molecule has 0 saturated carbocycles. The third kappa shape index (κ3) is 4.09. The van der Waals surface area contributed by atoms with Crippen LogP contribution in [0.5, 0.6) is 0 Å². The molecule has 1 atom stereocenters. The second-order valence-electron chi connectivity index (χ2n) is 5.89. The average molecular weight is 317 g/mol. The summed E-state index contributed by atoms with van der Waals surface area (Å²) < 4.78 is 0. The van der Waals surface area contributed by atoms with Crippen LogP contribution < -0.4 is 10.2 Å². The third-order valence-electron chi connectivity index (χ3n) is 4.02. The molecular formula is C17H23N3O3. The maximum Gasteiger partial charge on any atom is 0.246 e. The smallest absolute Gasteiger partial charge is 0.246 e. The van der Waals surface area contributed by atoms with Crippen molar-refractivity contribution in [2.45, 2.75) is 33.2 Å². The summed E-state index contributed by atoms with van der Waals surface area (Å²) in [5.41, 5.74) is 1.94. The van der Waals surface area contributed by atoms with E-state index in [2.05, 4.69) is 5.32 Å². The van der Waals surface area contributed by atoms with Crippen LogP contribution >= 0.6 is 0 Å². The van der Waals surface area contributed by atoms with Crippen LogP contribution in [0.1, 0.15) is 25.8 Å². The summed E-state index contributed by atoms with van der Waals surface area (Å²) >= 11 is 0. The summed E-state index contributed by atoms with van der Waals surface area (Å²) in [5.74, 6) is -0.347. The van der Waals surface area contributed by atoms with Crippen LogP contribution in [0.3, 0.4) is 0 Å². The molecule has 1 N–H and O–H groups in total. The standard InChI is InChI=1S/C17H23N3O3/c1-12-6-4-5-7-15(12)20-10-13(2)19(11-17(20)23)16(22)8-9-18-14(3)21/h4-7,13H,8-11H2,1-3H3,(H,18,21). The molecule has 1 aliphatic rings. The highest BCUT2D eigenvalue weighted by molar-refractivity contribution is 5.98. The Kier molecular flexibility index (Phi) is 5.36. The lowest BCUT2D eigenvalue weighted by Crippen LogP contribution is -2.57. The number of piperazine rings is 1. The maximum atomic E-state index is 12.5. The Morgan fingerprint density at radius 2 is 2.00 bits per heavy atom. The van der Waals surface area contributed by atoms with E-state index >= 15 is 0 Å². The fraction of sp³-hybridized carbons (Fsp3) is 0.471. The molecule has 1 aromatic carbocycles. The largest absolute Gasteiger partial charge is 0.356 e. The van der Waals surface area contributed by atoms with Gasteiger partial charge in [-0.25, -0.2) is 0 Å². The lowest BCUT2D eigenvalue weighted by molar-refractivity contribution is -0.139. The Balaban J connectivity index is 2.02. The molecule has 1 saturated heterocycles. The van der Waals surface area contributed by atoms with Crippen LogP contribution in [-0.2, 0) is 14.4 Å². The van der Waals surface area contributed by atoms with Crippen LogP contribution in [0, 0.1) is 6.92 Å². The van der Waals surface area contributed by atoms with Crippen molar-refractivity contribution in [1.29, 1.82) is 0 Å². The number of carbonyl (C=O) groups excluding carboxylic acids is 3. The SMILES string of the molecule is CC(=O)NCCC(=O)N1CC(=O)N(c2ccccc2C)CC1C. The van der Waals surface area contributed by atoms with E-state index in [4.69, 9.17) is 0 Å². The van der Waals surface area contributed by atoms with E-state index in [-0.39, 0.29) is 36.7 Å². The van der Waals surface area contributed by atoms with E-state index < -0.39 is 0 Å². The number of nitrogens with one attached hydrogen (secondary N) is 1. The highest BCUT2D eigenvalue weighted by Crippen LogP contribution is 2.23. The van der Waals surface area contributed by atoms with E-state index in [0.717, 1.165) is 11.3 Å². The lowest BCUT2D eigenvalue weighted by Gasteiger charge is -2.40. The number of aryl methyl sites for hydroxylation is 1. The number of carbonyl (C=O) groups is 3. The molecule has 1 aliphatic heterocycles. The molecule has 1 heterocycles. The van der Waals surface area contributed by atoms with Crippen molar-refractivity contribution in [3.8, 4) is 0 Å². The molecule has 1 fully saturated rings. The summed E-state index contributed by atoms with van der Waals surface area (Å²) in [7, 11) is 0. The molecule has 2 rings (SSSR count). The van der Waals surface area contributed by atoms with Crippen molar-refractivity contribution in [2.24, 2.45) is 0 Å². The number of amides is 3. The molecule has 0 aliphatic carbocycles. The Bertz CT molecular complexity index is 615. The average Bonchev–Trinajstić information content (AvgIpc) is 2.49. The van der Waals surface area contributed by atoms with Gasteiger partial charge in [0.25, 0.3) is 0 Å². The minimum atomic E-state index is -0.161. The molecule has 0 aromatic heterocycles. The molecule has 124 valence electrons. The zero-order valence-electron chi connectivity index (χ0n) is 13.8. The quantitative estimate of drug-likeness (QED) is 0.903. The van der Waals surface area contributed by atoms with Crippen molar-refractivity contribution < 1.29 is 14.4 Å². The predicted molar refractivity (Wildman–Crippen MR) is 88.0 cm³/mol. The molecule has 1 aromatic rings. The number of nitrogens with zero attached hydrogens (tertiary/aromatic N) is 2. The van der Waals surface area contributed by atoms with Gasteiger partial charge in [-0.1, -0.05) is 18.2 Å². The highest BCUT2D eigenvalue weighted by Gasteiger charge is 2.33. The van der Waals surface area contributed by atoms with Gasteiger partial charge in [0.1, 0.15) is 6.54 Å². The normalized spacial score (nSPS) is 18.0. The van der Waals surface area contributed by atoms with E-state index in [1.54, 1.807) is 9.80 Å². The van der Waals surface area contributed by atoms with Crippen molar-refractivity contribution in [3.63, 3.8) is 0 Å². The second-order valence-corrected chi connectivity index (χ2v) is 5.89. The number of hydrogen-bond donors (Lipinski definition) is 1. The maximum absolute atomic E-state index is 12.5. The molecule has 6 heteroatoms. The van der Waals surface area contributed by atoms with Gasteiger partial charge in [-0.15, -0.1) is 0 Å². The van der Waals surface area contributed by atoms with E-state index in [0.29, 0.717) is 13.1 Å². The molecule has 6 nitrogen and oxygen atoms in total. The minimum Gasteiger partial charge on any atom is -0.356 e. The van der Waals surface area contributed by atoms with E-state index in [1.165, 1.54) is 6.92 Å². The first-order chi connectivity index (χ1) is 10.9. The fourth-order valence-electron chi connectivity index (χ4n) is 2.77. The summed E-state index contributed by atoms with van der Waals surface area (Å²) in [6.45, 7) is 6.18. The summed E-state index contributed by atoms with van der Waals surface area (Å²) in [5, 5.41) is 2.60. The Morgan fingerprint density at radius 1 is 1.30 bits per heavy atom. The Morgan fingerprint density at radius 3 is 2.65 bits per heavy atom. The van der Waals surface area contributed by atoms with Crippen molar-refractivity contribution in [2.75, 3.05) is 24.5 Å². The minimum absolute atomic E-state index is 0.0582. The molecule has 1 unspecified atom stereocenters. The zero-order valence-corrected chi connectivity index (χ0v) is 13.8. The first-order valence-electron chi connectivity index (χ1n) is 7.80. The van der Waals surface area contributed by atoms with Gasteiger partial charge >= 0.3 is 0 Å². The zero-order chi connectivity index (χ0) is 17.0. The van der Waals surface area contributed by atoms with Gasteiger partial charge in [0, 0.05) is 38.2 Å². The Labute approximate surface area is 136 Å². The van der Waals surface area contributed by atoms with Gasteiger partial charge in [-0.05, 0) is 25.5 Å². The summed E-state index contributed by atoms with van der Waals surface area (Å²) in [4.78, 5) is 38.9. The monoisotopic (exact) mass is 317 g/mol. The van der Waals surface area contributed by atoms with Crippen LogP contribution in [0.2, 0.25) is 0 Å². The summed E-state index contributed by atoms with van der Waals surface area (Å²) in [6.07, 6.45) is 0.210. The van der Waals surface area contributed by atoms with Crippen LogP contribution in [-0.4, -0.2) is 48.3 Å². The number of benzene rings is 1. The summed E-state index contributed by atoms with van der Waals surface area (Å²) in [6, 6.07) is 7.68. The van der Waals surface area contributed by atoms with Gasteiger partial charge in [0.05, 0.1) is 0 Å². The van der Waals surface area contributed by atoms with Gasteiger partial charge < -0.3 is 15.1 Å². The number of rotatable bonds is 4. The van der Waals surface area contributed by atoms with Crippen LogP contribution in [0.4, 0.5) is 5.69 Å². The molecular weight excluding hydrogens is 294 g/mol. The molecule has 3 amide bonds. The van der Waals surface area contributed by atoms with Gasteiger partial charge in [-0.2, -0.15) is 0 Å². The number of hydrogen-bond acceptors (Lipinski definition) is 3. The Hall–Kier alpha value is -2.37. The van der Waals surface area contributed by atoms with Crippen molar-refractivity contribution >= 4 is 23.4 Å². The van der Waals surface area contributed by atoms with E-state index in [9.17, 15) is 14.4 Å². The highest BCUT2D eigenvalue weighted by atomic mass is 16.2. The predicted octanol–water partition coefficient (Wildman–Crippen LogP) is 1.08. The number of anilines is 1. The van der Waals surface area contributed by atoms with Gasteiger partial charge in [-0.3, -0.25) is 14.4 Å². The fourth-order valence-corrected chi connectivity index (χ4v) is 2.77. The van der Waals surface area contributed by atoms with Crippen molar-refractivity contribution in [1.82, 2.24) is 10.2 Å². The first kappa shape index (κ1) is 17.0. The lowest BCUT2D eigenvalue weighted by atomic mass is 10.1. The topological polar surface area (TPSA) is 69.7 Å². The van der Waals surface area contributed by atoms with Crippen LogP contribution in [0.15, 0.2) is 24.3 Å². The first-order valence-corrected chi connectivity index (χ1v) is 7.80. The number of para-hydroxylation sites is 1. The molecule has 0 radical (unpaired) electrons. The van der Waals surface area contributed by atoms with Gasteiger partial charge in [0.2, 0.25) is 17.7 Å².